The van der Waals surface area contributed by atoms with Crippen LogP contribution in [0.25, 0.3) is 16.6 Å². The summed E-state index contributed by atoms with van der Waals surface area (Å²) in [4.78, 5) is 30.3. The predicted molar refractivity (Wildman–Crippen MR) is 131 cm³/mol. The number of carbonyl (C=O) groups excluding carboxylic acids is 1. The maximum atomic E-state index is 13.4. The Balaban J connectivity index is 1.64. The zero-order valence-electron chi connectivity index (χ0n) is 18.9. The molecular formula is C25H22FN5O2S. The number of amides is 1. The van der Waals surface area contributed by atoms with Crippen molar-refractivity contribution < 1.29 is 9.18 Å². The molecule has 172 valence electrons. The number of halogens is 1. The first kappa shape index (κ1) is 23.3. The molecular weight excluding hydrogens is 453 g/mol. The van der Waals surface area contributed by atoms with E-state index in [0.717, 1.165) is 23.0 Å². The molecule has 34 heavy (non-hydrogen) atoms. The van der Waals surface area contributed by atoms with Crippen molar-refractivity contribution in [2.24, 2.45) is 0 Å². The number of hydrogen-bond donors (Lipinski definition) is 1. The fourth-order valence-corrected chi connectivity index (χ4v) is 4.67. The fourth-order valence-electron chi connectivity index (χ4n) is 3.81. The van der Waals surface area contributed by atoms with Gasteiger partial charge in [0.15, 0.2) is 5.16 Å². The number of aromatic nitrogens is 3. The van der Waals surface area contributed by atoms with Crippen molar-refractivity contribution in [2.75, 3.05) is 11.1 Å². The molecule has 2 aromatic carbocycles. The molecule has 0 spiro atoms. The van der Waals surface area contributed by atoms with Crippen LogP contribution in [0.15, 0.2) is 58.5 Å². The molecule has 0 saturated carbocycles. The number of rotatable bonds is 6. The molecule has 1 N–H and O–H groups in total. The summed E-state index contributed by atoms with van der Waals surface area (Å²) in [6.07, 6.45) is 0. The zero-order chi connectivity index (χ0) is 24.4. The van der Waals surface area contributed by atoms with Crippen molar-refractivity contribution in [3.8, 4) is 11.8 Å². The van der Waals surface area contributed by atoms with E-state index in [1.807, 2.05) is 19.9 Å². The number of nitriles is 1. The normalized spacial score (nSPS) is 10.9. The van der Waals surface area contributed by atoms with Crippen LogP contribution in [-0.2, 0) is 11.3 Å². The van der Waals surface area contributed by atoms with Gasteiger partial charge in [-0.1, -0.05) is 23.9 Å². The molecule has 0 unspecified atom stereocenters. The Labute approximate surface area is 199 Å². The summed E-state index contributed by atoms with van der Waals surface area (Å²) in [7, 11) is 0. The van der Waals surface area contributed by atoms with Gasteiger partial charge < -0.3 is 5.32 Å². The highest BCUT2D eigenvalue weighted by atomic mass is 32.2. The SMILES string of the molecule is CCn1c(SCC(=O)Nc2c(C#N)c(C)c(C)n2-c2ccc(F)cc2)nc2ccccc2c1=O. The first-order chi connectivity index (χ1) is 16.3. The van der Waals surface area contributed by atoms with E-state index in [4.69, 9.17) is 0 Å². The Morgan fingerprint density at radius 2 is 1.88 bits per heavy atom. The summed E-state index contributed by atoms with van der Waals surface area (Å²) in [6.45, 7) is 5.91. The third kappa shape index (κ3) is 4.20. The highest BCUT2D eigenvalue weighted by Crippen LogP contribution is 2.30. The molecule has 0 aliphatic heterocycles. The van der Waals surface area contributed by atoms with Crippen molar-refractivity contribution in [2.45, 2.75) is 32.5 Å². The van der Waals surface area contributed by atoms with Crippen LogP contribution in [-0.4, -0.2) is 25.8 Å². The number of benzene rings is 2. The number of para-hydroxylation sites is 1. The largest absolute Gasteiger partial charge is 0.310 e. The average molecular weight is 476 g/mol. The lowest BCUT2D eigenvalue weighted by Crippen LogP contribution is -2.23. The molecule has 2 heterocycles. The summed E-state index contributed by atoms with van der Waals surface area (Å²) < 4.78 is 16.7. The third-order valence-electron chi connectivity index (χ3n) is 5.64. The quantitative estimate of drug-likeness (QED) is 0.326. The maximum Gasteiger partial charge on any atom is 0.262 e. The van der Waals surface area contributed by atoms with Crippen molar-refractivity contribution in [1.29, 1.82) is 5.26 Å². The van der Waals surface area contributed by atoms with Crippen LogP contribution >= 0.6 is 11.8 Å². The minimum atomic E-state index is -0.377. The summed E-state index contributed by atoms with van der Waals surface area (Å²) in [5.41, 5.74) is 2.88. The molecule has 0 saturated heterocycles. The smallest absolute Gasteiger partial charge is 0.262 e. The molecule has 0 atom stereocenters. The van der Waals surface area contributed by atoms with Gasteiger partial charge in [0.05, 0.1) is 22.2 Å². The van der Waals surface area contributed by atoms with Crippen LogP contribution in [0.5, 0.6) is 0 Å². The number of thioether (sulfide) groups is 1. The lowest BCUT2D eigenvalue weighted by Gasteiger charge is -2.14. The van der Waals surface area contributed by atoms with Crippen molar-refractivity contribution in [1.82, 2.24) is 14.1 Å². The molecule has 4 rings (SSSR count). The van der Waals surface area contributed by atoms with Crippen LogP contribution in [0.4, 0.5) is 10.2 Å². The maximum absolute atomic E-state index is 13.4. The van der Waals surface area contributed by atoms with Gasteiger partial charge in [-0.05, 0) is 62.7 Å². The Bertz CT molecular complexity index is 1500. The molecule has 2 aromatic heterocycles. The highest BCUT2D eigenvalue weighted by Gasteiger charge is 2.21. The molecule has 0 aliphatic rings. The summed E-state index contributed by atoms with van der Waals surface area (Å²) in [5.74, 6) is -0.415. The first-order valence-corrected chi connectivity index (χ1v) is 11.6. The monoisotopic (exact) mass is 475 g/mol. The molecule has 0 radical (unpaired) electrons. The number of hydrogen-bond acceptors (Lipinski definition) is 5. The predicted octanol–water partition coefficient (Wildman–Crippen LogP) is 4.57. The summed E-state index contributed by atoms with van der Waals surface area (Å²) in [5, 5.41) is 13.5. The van der Waals surface area contributed by atoms with Gasteiger partial charge in [0.25, 0.3) is 5.56 Å². The molecule has 4 aromatic rings. The Morgan fingerprint density at radius 1 is 1.18 bits per heavy atom. The van der Waals surface area contributed by atoms with E-state index in [2.05, 4.69) is 16.4 Å². The second kappa shape index (κ2) is 9.53. The van der Waals surface area contributed by atoms with E-state index in [9.17, 15) is 19.2 Å². The molecule has 0 bridgehead atoms. The molecule has 1 amide bonds. The van der Waals surface area contributed by atoms with Gasteiger partial charge in [0.2, 0.25) is 5.91 Å². The molecule has 7 nitrogen and oxygen atoms in total. The van der Waals surface area contributed by atoms with Gasteiger partial charge in [-0.2, -0.15) is 5.26 Å². The number of anilines is 1. The van der Waals surface area contributed by atoms with Crippen LogP contribution < -0.4 is 10.9 Å². The number of fused-ring (bicyclic) bond motifs is 1. The van der Waals surface area contributed by atoms with Crippen molar-refractivity contribution in [3.05, 3.63) is 81.5 Å². The first-order valence-electron chi connectivity index (χ1n) is 10.7. The third-order valence-corrected chi connectivity index (χ3v) is 6.62. The van der Waals surface area contributed by atoms with Gasteiger partial charge in [0, 0.05) is 17.9 Å². The van der Waals surface area contributed by atoms with Gasteiger partial charge in [0.1, 0.15) is 17.7 Å². The lowest BCUT2D eigenvalue weighted by molar-refractivity contribution is -0.113. The standard InChI is InChI=1S/C25H22FN5O2S/c1-4-30-24(33)19-7-5-6-8-21(19)28-25(30)34-14-22(32)29-23-20(13-27)15(2)16(3)31(23)18-11-9-17(26)10-12-18/h5-12H,4,14H2,1-3H3,(H,29,32). The van der Waals surface area contributed by atoms with Gasteiger partial charge in [-0.25, -0.2) is 9.37 Å². The Kier molecular flexibility index (Phi) is 6.52. The zero-order valence-corrected chi connectivity index (χ0v) is 19.7. The second-order valence-electron chi connectivity index (χ2n) is 7.66. The van der Waals surface area contributed by atoms with Crippen LogP contribution in [0.1, 0.15) is 23.7 Å². The van der Waals surface area contributed by atoms with E-state index >= 15 is 0 Å². The summed E-state index contributed by atoms with van der Waals surface area (Å²) in [6, 6.07) is 15.1. The van der Waals surface area contributed by atoms with Crippen LogP contribution in [0, 0.1) is 31.0 Å². The summed E-state index contributed by atoms with van der Waals surface area (Å²) >= 11 is 1.15. The topological polar surface area (TPSA) is 92.7 Å². The fraction of sp³-hybridized carbons (Fsp3) is 0.200. The highest BCUT2D eigenvalue weighted by molar-refractivity contribution is 7.99. The van der Waals surface area contributed by atoms with Crippen LogP contribution in [0.2, 0.25) is 0 Å². The van der Waals surface area contributed by atoms with E-state index in [0.29, 0.717) is 39.7 Å². The second-order valence-corrected chi connectivity index (χ2v) is 8.60. The van der Waals surface area contributed by atoms with Crippen molar-refractivity contribution >= 4 is 34.4 Å². The molecule has 0 fully saturated rings. The van der Waals surface area contributed by atoms with Gasteiger partial charge in [-0.15, -0.1) is 0 Å². The van der Waals surface area contributed by atoms with Crippen molar-refractivity contribution in [3.63, 3.8) is 0 Å². The van der Waals surface area contributed by atoms with Crippen LogP contribution in [0.3, 0.4) is 0 Å². The van der Waals surface area contributed by atoms with E-state index in [1.54, 1.807) is 41.8 Å². The number of nitrogens with one attached hydrogen (secondary N) is 1. The molecule has 0 aliphatic carbocycles. The molecule has 9 heteroatoms. The Morgan fingerprint density at radius 3 is 2.56 bits per heavy atom. The minimum Gasteiger partial charge on any atom is -0.310 e. The lowest BCUT2D eigenvalue weighted by atomic mass is 10.2. The van der Waals surface area contributed by atoms with Gasteiger partial charge >= 0.3 is 0 Å². The number of carbonyl (C=O) groups is 1. The van der Waals surface area contributed by atoms with E-state index in [-0.39, 0.29) is 23.0 Å². The average Bonchev–Trinajstić information content (AvgIpc) is 3.07. The minimum absolute atomic E-state index is 0.0116. The van der Waals surface area contributed by atoms with E-state index in [1.165, 1.54) is 16.7 Å². The van der Waals surface area contributed by atoms with Gasteiger partial charge in [-0.3, -0.25) is 18.7 Å². The Hall–Kier alpha value is -3.90. The van der Waals surface area contributed by atoms with E-state index < -0.39 is 0 Å². The number of nitrogens with zero attached hydrogens (tertiary/aromatic N) is 4.